The minimum Gasteiger partial charge on any atom is -0.494 e. The highest BCUT2D eigenvalue weighted by Gasteiger charge is 2.26. The third-order valence-electron chi connectivity index (χ3n) is 6.20. The van der Waals surface area contributed by atoms with Crippen LogP contribution >= 0.6 is 11.3 Å². The molecule has 0 saturated carbocycles. The fourth-order valence-corrected chi connectivity index (χ4v) is 5.13. The summed E-state index contributed by atoms with van der Waals surface area (Å²) in [4.78, 5) is 18.5. The summed E-state index contributed by atoms with van der Waals surface area (Å²) in [6.07, 6.45) is 3.98. The predicted molar refractivity (Wildman–Crippen MR) is 123 cm³/mol. The monoisotopic (exact) mass is 461 g/mol. The second-order valence-electron chi connectivity index (χ2n) is 8.56. The molecule has 2 aromatic rings. The number of benzene rings is 1. The van der Waals surface area contributed by atoms with Crippen LogP contribution in [-0.2, 0) is 17.8 Å². The van der Waals surface area contributed by atoms with Gasteiger partial charge >= 0.3 is 6.03 Å². The van der Waals surface area contributed by atoms with Crippen LogP contribution in [0.1, 0.15) is 36.1 Å². The molecule has 0 radical (unpaired) electrons. The number of nitrogens with one attached hydrogen (secondary N) is 1. The van der Waals surface area contributed by atoms with E-state index in [1.807, 2.05) is 22.4 Å². The fourth-order valence-electron chi connectivity index (χ4n) is 4.41. The summed E-state index contributed by atoms with van der Waals surface area (Å²) < 4.78 is 24.7. The average Bonchev–Trinajstić information content (AvgIpc) is 3.49. The largest absolute Gasteiger partial charge is 0.494 e. The highest BCUT2D eigenvalue weighted by atomic mass is 32.1. The van der Waals surface area contributed by atoms with Crippen molar-refractivity contribution in [2.45, 2.75) is 50.9 Å². The Morgan fingerprint density at radius 3 is 2.81 bits per heavy atom. The Morgan fingerprint density at radius 1 is 1.31 bits per heavy atom. The number of thiophene rings is 1. The van der Waals surface area contributed by atoms with Gasteiger partial charge in [0.15, 0.2) is 11.6 Å². The summed E-state index contributed by atoms with van der Waals surface area (Å²) in [5.74, 6) is -0.0606. The summed E-state index contributed by atoms with van der Waals surface area (Å²) in [6.45, 7) is 4.47. The van der Waals surface area contributed by atoms with Crippen LogP contribution in [0.3, 0.4) is 0 Å². The molecule has 1 atom stereocenters. The van der Waals surface area contributed by atoms with Crippen LogP contribution in [0.15, 0.2) is 35.7 Å². The van der Waals surface area contributed by atoms with Gasteiger partial charge in [0.05, 0.1) is 19.8 Å². The first-order valence-corrected chi connectivity index (χ1v) is 12.2. The van der Waals surface area contributed by atoms with Gasteiger partial charge in [-0.2, -0.15) is 0 Å². The molecule has 4 rings (SSSR count). The van der Waals surface area contributed by atoms with E-state index in [9.17, 15) is 9.18 Å². The summed E-state index contributed by atoms with van der Waals surface area (Å²) in [5.41, 5.74) is 0.935. The van der Waals surface area contributed by atoms with E-state index in [4.69, 9.17) is 9.47 Å². The van der Waals surface area contributed by atoms with Crippen molar-refractivity contribution in [2.75, 3.05) is 33.4 Å². The van der Waals surface area contributed by atoms with E-state index in [0.29, 0.717) is 19.6 Å². The van der Waals surface area contributed by atoms with E-state index in [2.05, 4.69) is 16.3 Å². The van der Waals surface area contributed by atoms with E-state index in [-0.39, 0.29) is 29.7 Å². The maximum Gasteiger partial charge on any atom is 0.318 e. The molecule has 32 heavy (non-hydrogen) atoms. The van der Waals surface area contributed by atoms with E-state index in [0.717, 1.165) is 50.9 Å². The van der Waals surface area contributed by atoms with Crippen LogP contribution in [0.5, 0.6) is 5.75 Å². The number of urea groups is 1. The van der Waals surface area contributed by atoms with Crippen LogP contribution in [0.25, 0.3) is 0 Å². The summed E-state index contributed by atoms with van der Waals surface area (Å²) in [7, 11) is 1.47. The molecule has 174 valence electrons. The minimum absolute atomic E-state index is 0.00965. The van der Waals surface area contributed by atoms with Crippen LogP contribution in [-0.4, -0.2) is 61.3 Å². The Kier molecular flexibility index (Phi) is 8.00. The highest BCUT2D eigenvalue weighted by molar-refractivity contribution is 7.09. The van der Waals surface area contributed by atoms with Gasteiger partial charge in [-0.05, 0) is 54.8 Å². The molecule has 2 fully saturated rings. The molecule has 1 N–H and O–H groups in total. The zero-order valence-electron chi connectivity index (χ0n) is 18.6. The lowest BCUT2D eigenvalue weighted by atomic mass is 10.0. The highest BCUT2D eigenvalue weighted by Crippen LogP contribution is 2.21. The normalized spacial score (nSPS) is 19.8. The predicted octanol–water partition coefficient (Wildman–Crippen LogP) is 4.25. The van der Waals surface area contributed by atoms with Gasteiger partial charge in [-0.25, -0.2) is 9.18 Å². The number of rotatable bonds is 8. The smallest absolute Gasteiger partial charge is 0.318 e. The first-order chi connectivity index (χ1) is 15.6. The maximum atomic E-state index is 14.0. The van der Waals surface area contributed by atoms with Gasteiger partial charge in [-0.3, -0.25) is 4.90 Å². The number of halogens is 1. The SMILES string of the molecule is COc1ccc(CN2CCC(NC(=O)N(Cc3cccs3)CC3CCCO3)CC2)cc1F. The second-order valence-corrected chi connectivity index (χ2v) is 9.60. The van der Waals surface area contributed by atoms with Gasteiger partial charge in [-0.1, -0.05) is 12.1 Å². The van der Waals surface area contributed by atoms with Gasteiger partial charge in [-0.15, -0.1) is 11.3 Å². The third-order valence-corrected chi connectivity index (χ3v) is 7.06. The summed E-state index contributed by atoms with van der Waals surface area (Å²) >= 11 is 1.67. The number of hydrogen-bond donors (Lipinski definition) is 1. The number of piperidine rings is 1. The molecule has 8 heteroatoms. The molecule has 0 bridgehead atoms. The quantitative estimate of drug-likeness (QED) is 0.639. The number of nitrogens with zero attached hydrogens (tertiary/aromatic N) is 2. The molecule has 0 spiro atoms. The zero-order valence-corrected chi connectivity index (χ0v) is 19.4. The topological polar surface area (TPSA) is 54.0 Å². The van der Waals surface area contributed by atoms with Gasteiger partial charge < -0.3 is 19.7 Å². The van der Waals surface area contributed by atoms with Crippen molar-refractivity contribution in [2.24, 2.45) is 0 Å². The molecule has 1 aromatic heterocycles. The van der Waals surface area contributed by atoms with Gasteiger partial charge in [0, 0.05) is 43.7 Å². The molecule has 2 saturated heterocycles. The van der Waals surface area contributed by atoms with E-state index in [1.165, 1.54) is 12.0 Å². The third kappa shape index (κ3) is 6.21. The number of carbonyl (C=O) groups excluding carboxylic acids is 1. The van der Waals surface area contributed by atoms with E-state index in [1.54, 1.807) is 23.5 Å². The lowest BCUT2D eigenvalue weighted by molar-refractivity contribution is 0.0782. The van der Waals surface area contributed by atoms with E-state index < -0.39 is 0 Å². The molecule has 0 aliphatic carbocycles. The van der Waals surface area contributed by atoms with Crippen molar-refractivity contribution in [3.63, 3.8) is 0 Å². The fraction of sp³-hybridized carbons (Fsp3) is 0.542. The van der Waals surface area contributed by atoms with Crippen molar-refractivity contribution in [3.05, 3.63) is 52.0 Å². The maximum absolute atomic E-state index is 14.0. The molecule has 2 amide bonds. The lowest BCUT2D eigenvalue weighted by Gasteiger charge is -2.34. The van der Waals surface area contributed by atoms with Gasteiger partial charge in [0.1, 0.15) is 0 Å². The average molecular weight is 462 g/mol. The zero-order chi connectivity index (χ0) is 22.3. The van der Waals surface area contributed by atoms with Crippen molar-refractivity contribution in [1.82, 2.24) is 15.1 Å². The Labute approximate surface area is 193 Å². The molecule has 3 heterocycles. The Balaban J connectivity index is 1.27. The van der Waals surface area contributed by atoms with Crippen LogP contribution in [0.4, 0.5) is 9.18 Å². The van der Waals surface area contributed by atoms with Crippen LogP contribution in [0, 0.1) is 5.82 Å². The summed E-state index contributed by atoms with van der Waals surface area (Å²) in [6, 6.07) is 9.36. The number of hydrogen-bond acceptors (Lipinski definition) is 5. The first-order valence-electron chi connectivity index (χ1n) is 11.3. The van der Waals surface area contributed by atoms with Gasteiger partial charge in [0.25, 0.3) is 0 Å². The van der Waals surface area contributed by atoms with Crippen LogP contribution < -0.4 is 10.1 Å². The standard InChI is InChI=1S/C24H32FN3O3S/c1-30-23-7-6-18(14-22(23)25)15-27-10-8-19(9-11-27)26-24(29)28(16-20-4-2-12-31-20)17-21-5-3-13-32-21/h3,5-7,13-14,19-20H,2,4,8-12,15-17H2,1H3,(H,26,29). The molecule has 6 nitrogen and oxygen atoms in total. The lowest BCUT2D eigenvalue weighted by Crippen LogP contribution is -2.50. The molecule has 2 aliphatic heterocycles. The number of methoxy groups -OCH3 is 1. The molecule has 1 aromatic carbocycles. The van der Waals surface area contributed by atoms with Crippen molar-refractivity contribution < 1.29 is 18.7 Å². The molecular formula is C24H32FN3O3S. The van der Waals surface area contributed by atoms with Crippen molar-refractivity contribution in [1.29, 1.82) is 0 Å². The number of ether oxygens (including phenoxy) is 2. The number of carbonyl (C=O) groups is 1. The molecule has 2 aliphatic rings. The van der Waals surface area contributed by atoms with Gasteiger partial charge in [0.2, 0.25) is 0 Å². The Hall–Kier alpha value is -2.16. The molecular weight excluding hydrogens is 429 g/mol. The minimum atomic E-state index is -0.329. The summed E-state index contributed by atoms with van der Waals surface area (Å²) in [5, 5.41) is 5.29. The Bertz CT molecular complexity index is 865. The first kappa shape index (κ1) is 23.0. The van der Waals surface area contributed by atoms with Crippen molar-refractivity contribution >= 4 is 17.4 Å². The van der Waals surface area contributed by atoms with Crippen molar-refractivity contribution in [3.8, 4) is 5.75 Å². The van der Waals surface area contributed by atoms with E-state index >= 15 is 0 Å². The number of amides is 2. The van der Waals surface area contributed by atoms with Crippen LogP contribution in [0.2, 0.25) is 0 Å². The molecule has 1 unspecified atom stereocenters. The number of likely N-dealkylation sites (tertiary alicyclic amines) is 1. The Morgan fingerprint density at radius 2 is 2.16 bits per heavy atom. The second kappa shape index (κ2) is 11.1.